The van der Waals surface area contributed by atoms with E-state index in [-0.39, 0.29) is 24.6 Å². The molecular formula is C29H28F3N5O3. The Morgan fingerprint density at radius 2 is 1.85 bits per heavy atom. The number of aromatic nitrogens is 3. The number of aromatic hydroxyl groups is 1. The van der Waals surface area contributed by atoms with E-state index in [1.807, 2.05) is 4.68 Å². The Balaban J connectivity index is 1.37. The van der Waals surface area contributed by atoms with Crippen molar-refractivity contribution in [2.45, 2.75) is 50.2 Å². The molecule has 0 unspecified atom stereocenters. The largest absolute Gasteiger partial charge is 0.506 e. The predicted molar refractivity (Wildman–Crippen MR) is 139 cm³/mol. The SMILES string of the molecule is C=CC(=O)N1CCc2nn(-c3ccc(C4CCC4)cc3)c3c2[C@@H](C1)N(C(=O)c1cnc(C(F)(F)F)c(O)c1)CC3. The van der Waals surface area contributed by atoms with E-state index in [0.717, 1.165) is 34.9 Å². The second-order valence-electron chi connectivity index (χ2n) is 10.5. The van der Waals surface area contributed by atoms with Crippen molar-refractivity contribution in [3.8, 4) is 11.4 Å². The highest BCUT2D eigenvalue weighted by molar-refractivity contribution is 5.95. The van der Waals surface area contributed by atoms with Gasteiger partial charge in [0.15, 0.2) is 5.69 Å². The highest BCUT2D eigenvalue weighted by atomic mass is 19.4. The molecular weight excluding hydrogens is 523 g/mol. The molecule has 1 N–H and O–H groups in total. The van der Waals surface area contributed by atoms with Gasteiger partial charge in [0, 0.05) is 44.2 Å². The topological polar surface area (TPSA) is 91.6 Å². The fraction of sp³-hybridized carbons (Fsp3) is 0.379. The fourth-order valence-corrected chi connectivity index (χ4v) is 5.96. The number of hydrogen-bond donors (Lipinski definition) is 1. The molecule has 1 saturated carbocycles. The molecule has 40 heavy (non-hydrogen) atoms. The summed E-state index contributed by atoms with van der Waals surface area (Å²) in [7, 11) is 0. The van der Waals surface area contributed by atoms with Crippen molar-refractivity contribution in [3.05, 3.63) is 83.0 Å². The average Bonchev–Trinajstić information content (AvgIpc) is 3.16. The lowest BCUT2D eigenvalue weighted by atomic mass is 9.80. The lowest BCUT2D eigenvalue weighted by molar-refractivity contribution is -0.142. The number of carbonyl (C=O) groups excluding carboxylic acids is 2. The number of alkyl halides is 3. The molecule has 6 rings (SSSR count). The maximum atomic E-state index is 13.6. The summed E-state index contributed by atoms with van der Waals surface area (Å²) in [5, 5.41) is 14.9. The minimum atomic E-state index is -4.85. The Morgan fingerprint density at radius 1 is 1.10 bits per heavy atom. The Labute approximate surface area is 228 Å². The first kappa shape index (κ1) is 26.1. The summed E-state index contributed by atoms with van der Waals surface area (Å²) < 4.78 is 41.3. The molecule has 0 saturated heterocycles. The van der Waals surface area contributed by atoms with Crippen molar-refractivity contribution in [1.82, 2.24) is 24.6 Å². The quantitative estimate of drug-likeness (QED) is 0.480. The van der Waals surface area contributed by atoms with Gasteiger partial charge < -0.3 is 14.9 Å². The maximum Gasteiger partial charge on any atom is 0.437 e. The average molecular weight is 552 g/mol. The Hall–Kier alpha value is -4.15. The molecule has 3 aromatic rings. The summed E-state index contributed by atoms with van der Waals surface area (Å²) in [6.45, 7) is 4.41. The first-order valence-electron chi connectivity index (χ1n) is 13.3. The molecule has 208 valence electrons. The smallest absolute Gasteiger partial charge is 0.437 e. The third kappa shape index (κ3) is 4.43. The summed E-state index contributed by atoms with van der Waals surface area (Å²) in [5.41, 5.74) is 3.19. The Kier molecular flexibility index (Phi) is 6.39. The van der Waals surface area contributed by atoms with Crippen molar-refractivity contribution in [1.29, 1.82) is 0 Å². The maximum absolute atomic E-state index is 13.6. The second kappa shape index (κ2) is 9.79. The third-order valence-corrected chi connectivity index (χ3v) is 8.25. The van der Waals surface area contributed by atoms with Gasteiger partial charge in [-0.05, 0) is 48.6 Å². The van der Waals surface area contributed by atoms with E-state index >= 15 is 0 Å². The monoisotopic (exact) mass is 551 g/mol. The molecule has 0 bridgehead atoms. The highest BCUT2D eigenvalue weighted by Gasteiger charge is 2.41. The van der Waals surface area contributed by atoms with Gasteiger partial charge in [-0.3, -0.25) is 9.59 Å². The molecule has 8 nitrogen and oxygen atoms in total. The molecule has 0 radical (unpaired) electrons. The molecule has 2 aromatic heterocycles. The standard InChI is InChI=1S/C29H28F3N5O3/c1-2-25(39)35-12-10-21-26-22(37(34-21)20-8-6-18(7-9-20)17-4-3-5-17)11-13-36(23(26)16-35)28(40)19-14-24(38)27(33-15-19)29(30,31)32/h2,6-9,14-15,17,23,38H,1,3-5,10-13,16H2/t23-/m1/s1. The summed E-state index contributed by atoms with van der Waals surface area (Å²) >= 11 is 0. The van der Waals surface area contributed by atoms with Gasteiger partial charge in [-0.15, -0.1) is 0 Å². The normalized spacial score (nSPS) is 19.0. The molecule has 4 heterocycles. The first-order chi connectivity index (χ1) is 19.2. The van der Waals surface area contributed by atoms with Crippen LogP contribution in [0.1, 0.15) is 69.8 Å². The van der Waals surface area contributed by atoms with Crippen LogP contribution in [0.3, 0.4) is 0 Å². The number of carbonyl (C=O) groups is 2. The molecule has 1 fully saturated rings. The summed E-state index contributed by atoms with van der Waals surface area (Å²) in [4.78, 5) is 32.7. The molecule has 2 aliphatic heterocycles. The summed E-state index contributed by atoms with van der Waals surface area (Å²) in [6, 6.07) is 8.63. The lowest BCUT2D eigenvalue weighted by Gasteiger charge is -2.37. The van der Waals surface area contributed by atoms with Gasteiger partial charge in [0.25, 0.3) is 5.91 Å². The number of hydrogen-bond acceptors (Lipinski definition) is 5. The zero-order chi connectivity index (χ0) is 28.2. The summed E-state index contributed by atoms with van der Waals surface area (Å²) in [6.07, 6.45) is 1.82. The van der Waals surface area contributed by atoms with E-state index in [0.29, 0.717) is 25.3 Å². The molecule has 1 atom stereocenters. The number of benzene rings is 1. The van der Waals surface area contributed by atoms with Crippen LogP contribution in [0.25, 0.3) is 5.69 Å². The van der Waals surface area contributed by atoms with E-state index in [2.05, 4.69) is 35.8 Å². The van der Waals surface area contributed by atoms with Crippen LogP contribution in [0, 0.1) is 0 Å². The van der Waals surface area contributed by atoms with Crippen molar-refractivity contribution in [3.63, 3.8) is 0 Å². The van der Waals surface area contributed by atoms with Crippen LogP contribution < -0.4 is 0 Å². The van der Waals surface area contributed by atoms with E-state index in [9.17, 15) is 27.9 Å². The second-order valence-corrected chi connectivity index (χ2v) is 10.5. The van der Waals surface area contributed by atoms with Gasteiger partial charge in [-0.1, -0.05) is 25.1 Å². The molecule has 2 amide bonds. The number of nitrogens with zero attached hydrogens (tertiary/aromatic N) is 5. The number of amides is 2. The van der Waals surface area contributed by atoms with Crippen molar-refractivity contribution in [2.24, 2.45) is 0 Å². The van der Waals surface area contributed by atoms with Crippen LogP contribution in [-0.4, -0.2) is 61.1 Å². The van der Waals surface area contributed by atoms with Gasteiger partial charge >= 0.3 is 6.18 Å². The van der Waals surface area contributed by atoms with Gasteiger partial charge in [-0.2, -0.15) is 18.3 Å². The van der Waals surface area contributed by atoms with E-state index < -0.39 is 29.6 Å². The van der Waals surface area contributed by atoms with E-state index in [1.54, 1.807) is 4.90 Å². The Bertz CT molecular complexity index is 1490. The minimum absolute atomic E-state index is 0.166. The predicted octanol–water partition coefficient (Wildman–Crippen LogP) is 4.57. The van der Waals surface area contributed by atoms with Crippen LogP contribution in [0.5, 0.6) is 5.75 Å². The van der Waals surface area contributed by atoms with Gasteiger partial charge in [-0.25, -0.2) is 9.67 Å². The van der Waals surface area contributed by atoms with Crippen LogP contribution in [0.2, 0.25) is 0 Å². The van der Waals surface area contributed by atoms with Crippen LogP contribution >= 0.6 is 0 Å². The molecule has 1 aromatic carbocycles. The van der Waals surface area contributed by atoms with Crippen molar-refractivity contribution >= 4 is 11.8 Å². The first-order valence-corrected chi connectivity index (χ1v) is 13.3. The summed E-state index contributed by atoms with van der Waals surface area (Å²) in [5.74, 6) is -1.36. The Morgan fingerprint density at radius 3 is 2.48 bits per heavy atom. The van der Waals surface area contributed by atoms with Crippen LogP contribution in [-0.2, 0) is 23.8 Å². The van der Waals surface area contributed by atoms with Crippen molar-refractivity contribution in [2.75, 3.05) is 19.6 Å². The zero-order valence-electron chi connectivity index (χ0n) is 21.7. The van der Waals surface area contributed by atoms with Crippen LogP contribution in [0.15, 0.2) is 49.2 Å². The van der Waals surface area contributed by atoms with Gasteiger partial charge in [0.05, 0.1) is 28.7 Å². The molecule has 3 aliphatic rings. The minimum Gasteiger partial charge on any atom is -0.506 e. The fourth-order valence-electron chi connectivity index (χ4n) is 5.96. The highest BCUT2D eigenvalue weighted by Crippen LogP contribution is 2.40. The zero-order valence-corrected chi connectivity index (χ0v) is 21.7. The van der Waals surface area contributed by atoms with E-state index in [1.165, 1.54) is 35.8 Å². The van der Waals surface area contributed by atoms with Gasteiger partial charge in [0.1, 0.15) is 5.75 Å². The third-order valence-electron chi connectivity index (χ3n) is 8.25. The number of rotatable bonds is 4. The lowest BCUT2D eigenvalue weighted by Crippen LogP contribution is -2.45. The van der Waals surface area contributed by atoms with Crippen molar-refractivity contribution < 1.29 is 27.9 Å². The van der Waals surface area contributed by atoms with Crippen LogP contribution in [0.4, 0.5) is 13.2 Å². The molecule has 0 spiro atoms. The van der Waals surface area contributed by atoms with Gasteiger partial charge in [0.2, 0.25) is 5.91 Å². The number of halogens is 3. The molecule has 11 heteroatoms. The number of pyridine rings is 1. The van der Waals surface area contributed by atoms with E-state index in [4.69, 9.17) is 5.10 Å². The molecule has 1 aliphatic carbocycles.